The second-order valence-electron chi connectivity index (χ2n) is 3.85. The number of hydrogen-bond acceptors (Lipinski definition) is 2. The SMILES string of the molecule is CCC(C)(CBr)NC(=O)Cc1cccs1. The Hall–Kier alpha value is -0.350. The van der Waals surface area contributed by atoms with Crippen molar-refractivity contribution >= 4 is 33.2 Å². The summed E-state index contributed by atoms with van der Waals surface area (Å²) >= 11 is 5.05. The zero-order valence-corrected chi connectivity index (χ0v) is 11.5. The minimum atomic E-state index is -0.131. The fourth-order valence-electron chi connectivity index (χ4n) is 1.17. The summed E-state index contributed by atoms with van der Waals surface area (Å²) in [4.78, 5) is 12.8. The van der Waals surface area contributed by atoms with E-state index in [2.05, 4.69) is 28.2 Å². The fourth-order valence-corrected chi connectivity index (χ4v) is 2.41. The van der Waals surface area contributed by atoms with Crippen LogP contribution in [0.25, 0.3) is 0 Å². The van der Waals surface area contributed by atoms with Gasteiger partial charge in [-0.05, 0) is 24.8 Å². The molecule has 0 radical (unpaired) electrons. The highest BCUT2D eigenvalue weighted by atomic mass is 79.9. The zero-order valence-electron chi connectivity index (χ0n) is 9.05. The number of hydrogen-bond donors (Lipinski definition) is 1. The van der Waals surface area contributed by atoms with Crippen molar-refractivity contribution in [2.75, 3.05) is 5.33 Å². The van der Waals surface area contributed by atoms with E-state index in [9.17, 15) is 4.79 Å². The molecule has 1 rings (SSSR count). The van der Waals surface area contributed by atoms with Crippen molar-refractivity contribution < 1.29 is 4.79 Å². The summed E-state index contributed by atoms with van der Waals surface area (Å²) in [6.07, 6.45) is 1.41. The molecule has 4 heteroatoms. The maximum absolute atomic E-state index is 11.7. The summed E-state index contributed by atoms with van der Waals surface area (Å²) in [6.45, 7) is 4.13. The predicted octanol–water partition coefficient (Wildman–Crippen LogP) is 2.97. The number of halogens is 1. The topological polar surface area (TPSA) is 29.1 Å². The van der Waals surface area contributed by atoms with E-state index in [1.54, 1.807) is 11.3 Å². The Kier molecular flexibility index (Phi) is 4.80. The molecule has 0 bridgehead atoms. The first kappa shape index (κ1) is 12.7. The molecule has 0 saturated heterocycles. The summed E-state index contributed by atoms with van der Waals surface area (Å²) in [5.74, 6) is 0.0984. The zero-order chi connectivity index (χ0) is 11.3. The summed E-state index contributed by atoms with van der Waals surface area (Å²) in [5, 5.41) is 5.83. The third-order valence-electron chi connectivity index (χ3n) is 2.43. The van der Waals surface area contributed by atoms with Crippen LogP contribution in [-0.2, 0) is 11.2 Å². The van der Waals surface area contributed by atoms with E-state index in [1.807, 2.05) is 24.4 Å². The monoisotopic (exact) mass is 289 g/mol. The highest BCUT2D eigenvalue weighted by Gasteiger charge is 2.22. The molecule has 0 aliphatic carbocycles. The normalized spacial score (nSPS) is 14.6. The summed E-state index contributed by atoms with van der Waals surface area (Å²) in [5.41, 5.74) is -0.131. The van der Waals surface area contributed by atoms with Crippen LogP contribution in [0, 0.1) is 0 Å². The van der Waals surface area contributed by atoms with Gasteiger partial charge in [-0.25, -0.2) is 0 Å². The molecule has 84 valence electrons. The first-order chi connectivity index (χ1) is 7.09. The second-order valence-corrected chi connectivity index (χ2v) is 5.45. The molecular weight excluding hydrogens is 274 g/mol. The highest BCUT2D eigenvalue weighted by Crippen LogP contribution is 2.14. The van der Waals surface area contributed by atoms with Gasteiger partial charge in [0.2, 0.25) is 5.91 Å². The lowest BCUT2D eigenvalue weighted by atomic mass is 10.0. The minimum absolute atomic E-state index is 0.0984. The summed E-state index contributed by atoms with van der Waals surface area (Å²) in [6, 6.07) is 3.96. The first-order valence-electron chi connectivity index (χ1n) is 4.99. The number of nitrogens with one attached hydrogen (secondary N) is 1. The molecule has 1 amide bonds. The summed E-state index contributed by atoms with van der Waals surface area (Å²) < 4.78 is 0. The van der Waals surface area contributed by atoms with Gasteiger partial charge in [-0.3, -0.25) is 4.79 Å². The van der Waals surface area contributed by atoms with Crippen LogP contribution >= 0.6 is 27.3 Å². The number of carbonyl (C=O) groups excluding carboxylic acids is 1. The van der Waals surface area contributed by atoms with Crippen molar-refractivity contribution in [1.82, 2.24) is 5.32 Å². The van der Waals surface area contributed by atoms with Crippen LogP contribution < -0.4 is 5.32 Å². The molecule has 0 fully saturated rings. The van der Waals surface area contributed by atoms with E-state index in [4.69, 9.17) is 0 Å². The van der Waals surface area contributed by atoms with Gasteiger partial charge in [0, 0.05) is 15.7 Å². The van der Waals surface area contributed by atoms with Crippen molar-refractivity contribution in [3.63, 3.8) is 0 Å². The van der Waals surface area contributed by atoms with Gasteiger partial charge in [0.15, 0.2) is 0 Å². The average molecular weight is 290 g/mol. The molecular formula is C11H16BrNOS. The van der Waals surface area contributed by atoms with Gasteiger partial charge >= 0.3 is 0 Å². The lowest BCUT2D eigenvalue weighted by molar-refractivity contribution is -0.121. The van der Waals surface area contributed by atoms with Crippen LogP contribution in [0.4, 0.5) is 0 Å². The Morgan fingerprint density at radius 3 is 2.87 bits per heavy atom. The smallest absolute Gasteiger partial charge is 0.225 e. The third-order valence-corrected chi connectivity index (χ3v) is 4.55. The fraction of sp³-hybridized carbons (Fsp3) is 0.545. The van der Waals surface area contributed by atoms with Gasteiger partial charge in [0.1, 0.15) is 0 Å². The molecule has 1 heterocycles. The molecule has 1 unspecified atom stereocenters. The Balaban J connectivity index is 2.49. The van der Waals surface area contributed by atoms with Crippen molar-refractivity contribution in [3.05, 3.63) is 22.4 Å². The van der Waals surface area contributed by atoms with Gasteiger partial charge in [0.05, 0.1) is 6.42 Å². The molecule has 1 aromatic rings. The third kappa shape index (κ3) is 3.95. The van der Waals surface area contributed by atoms with E-state index in [1.165, 1.54) is 0 Å². The molecule has 0 spiro atoms. The lowest BCUT2D eigenvalue weighted by Gasteiger charge is -2.27. The first-order valence-corrected chi connectivity index (χ1v) is 6.99. The van der Waals surface area contributed by atoms with Gasteiger partial charge in [-0.15, -0.1) is 11.3 Å². The highest BCUT2D eigenvalue weighted by molar-refractivity contribution is 9.09. The van der Waals surface area contributed by atoms with E-state index in [0.717, 1.165) is 16.6 Å². The quantitative estimate of drug-likeness (QED) is 0.830. The van der Waals surface area contributed by atoms with Crippen molar-refractivity contribution in [3.8, 4) is 0 Å². The summed E-state index contributed by atoms with van der Waals surface area (Å²) in [7, 11) is 0. The Labute approximate surface area is 103 Å². The van der Waals surface area contributed by atoms with E-state index in [-0.39, 0.29) is 11.4 Å². The van der Waals surface area contributed by atoms with E-state index in [0.29, 0.717) is 6.42 Å². The Morgan fingerprint density at radius 1 is 1.67 bits per heavy atom. The second kappa shape index (κ2) is 5.66. The number of thiophene rings is 1. The molecule has 0 aliphatic rings. The predicted molar refractivity (Wildman–Crippen MR) is 68.7 cm³/mol. The van der Waals surface area contributed by atoms with Crippen LogP contribution in [0.15, 0.2) is 17.5 Å². The van der Waals surface area contributed by atoms with Crippen LogP contribution in [0.3, 0.4) is 0 Å². The molecule has 0 aromatic carbocycles. The molecule has 15 heavy (non-hydrogen) atoms. The maximum atomic E-state index is 11.7. The molecule has 1 atom stereocenters. The lowest BCUT2D eigenvalue weighted by Crippen LogP contribution is -2.47. The standard InChI is InChI=1S/C11H16BrNOS/c1-3-11(2,8-12)13-10(14)7-9-5-4-6-15-9/h4-6H,3,7-8H2,1-2H3,(H,13,14). The van der Waals surface area contributed by atoms with Gasteiger partial charge in [-0.1, -0.05) is 28.9 Å². The van der Waals surface area contributed by atoms with E-state index < -0.39 is 0 Å². The Bertz CT molecular complexity index is 306. The molecule has 1 aromatic heterocycles. The molecule has 0 aliphatic heterocycles. The van der Waals surface area contributed by atoms with E-state index >= 15 is 0 Å². The molecule has 1 N–H and O–H groups in total. The van der Waals surface area contributed by atoms with Crippen molar-refractivity contribution in [1.29, 1.82) is 0 Å². The van der Waals surface area contributed by atoms with Crippen LogP contribution in [0.2, 0.25) is 0 Å². The Morgan fingerprint density at radius 2 is 2.40 bits per heavy atom. The van der Waals surface area contributed by atoms with Gasteiger partial charge in [-0.2, -0.15) is 0 Å². The average Bonchev–Trinajstić information content (AvgIpc) is 2.70. The minimum Gasteiger partial charge on any atom is -0.350 e. The molecule has 0 saturated carbocycles. The maximum Gasteiger partial charge on any atom is 0.225 e. The van der Waals surface area contributed by atoms with Crippen LogP contribution in [-0.4, -0.2) is 16.8 Å². The number of amides is 1. The van der Waals surface area contributed by atoms with Crippen LogP contribution in [0.5, 0.6) is 0 Å². The largest absolute Gasteiger partial charge is 0.350 e. The van der Waals surface area contributed by atoms with Crippen LogP contribution in [0.1, 0.15) is 25.1 Å². The van der Waals surface area contributed by atoms with Gasteiger partial charge < -0.3 is 5.32 Å². The number of alkyl halides is 1. The van der Waals surface area contributed by atoms with Crippen molar-refractivity contribution in [2.24, 2.45) is 0 Å². The van der Waals surface area contributed by atoms with Crippen molar-refractivity contribution in [2.45, 2.75) is 32.2 Å². The van der Waals surface area contributed by atoms with Gasteiger partial charge in [0.25, 0.3) is 0 Å². The number of carbonyl (C=O) groups is 1. The molecule has 2 nitrogen and oxygen atoms in total. The number of rotatable bonds is 5.